The van der Waals surface area contributed by atoms with Gasteiger partial charge in [0.05, 0.1) is 51.1 Å². The normalized spacial score (nSPS) is 20.2. The van der Waals surface area contributed by atoms with E-state index in [2.05, 4.69) is 72.1 Å². The predicted molar refractivity (Wildman–Crippen MR) is 182 cm³/mol. The van der Waals surface area contributed by atoms with Crippen molar-refractivity contribution in [2.24, 2.45) is 5.92 Å². The van der Waals surface area contributed by atoms with Gasteiger partial charge in [-0.3, -0.25) is 14.6 Å². The fourth-order valence-corrected chi connectivity index (χ4v) is 8.23. The van der Waals surface area contributed by atoms with Crippen molar-refractivity contribution >= 4 is 58.0 Å². The molecule has 0 spiro atoms. The molecule has 0 radical (unpaired) electrons. The topological polar surface area (TPSA) is 105 Å². The number of piperidine rings is 2. The number of benzene rings is 1. The second-order valence-corrected chi connectivity index (χ2v) is 20.8. The van der Waals surface area contributed by atoms with E-state index in [-0.39, 0.29) is 6.04 Å². The lowest BCUT2D eigenvalue weighted by atomic mass is 9.89. The number of amides is 2. The number of carbonyl (C=O) groups excluding carboxylic acids is 2. The Balaban J connectivity index is 1.16. The zero-order valence-electron chi connectivity index (χ0n) is 27.1. The van der Waals surface area contributed by atoms with Gasteiger partial charge in [0.15, 0.2) is 0 Å². The van der Waals surface area contributed by atoms with E-state index in [0.717, 1.165) is 66.8 Å². The van der Waals surface area contributed by atoms with Crippen LogP contribution in [0.2, 0.25) is 25.7 Å². The maximum Gasteiger partial charge on any atom is 0.313 e. The Labute approximate surface area is 270 Å². The Morgan fingerprint density at radius 3 is 2.67 bits per heavy atom. The molecule has 2 atom stereocenters. The fraction of sp³-hybridized carbons (Fsp3) is 0.545. The summed E-state index contributed by atoms with van der Waals surface area (Å²) in [5, 5.41) is 9.24. The zero-order chi connectivity index (χ0) is 31.7. The number of pyridine rings is 1. The molecule has 0 bridgehead atoms. The van der Waals surface area contributed by atoms with E-state index in [4.69, 9.17) is 9.72 Å². The van der Waals surface area contributed by atoms with Gasteiger partial charge >= 0.3 is 11.8 Å². The number of nitrogens with one attached hydrogen (secondary N) is 1. The zero-order valence-corrected chi connectivity index (χ0v) is 28.9. The number of fused-ring (bicyclic) bond motifs is 2. The van der Waals surface area contributed by atoms with Gasteiger partial charge < -0.3 is 19.9 Å². The van der Waals surface area contributed by atoms with Gasteiger partial charge in [0.2, 0.25) is 0 Å². The van der Waals surface area contributed by atoms with Crippen LogP contribution in [0, 0.1) is 5.92 Å². The van der Waals surface area contributed by atoms with Gasteiger partial charge in [-0.1, -0.05) is 32.6 Å². The van der Waals surface area contributed by atoms with Gasteiger partial charge in [-0.25, -0.2) is 9.67 Å². The van der Waals surface area contributed by atoms with Crippen LogP contribution in [0.5, 0.6) is 0 Å². The van der Waals surface area contributed by atoms with Gasteiger partial charge in [-0.2, -0.15) is 5.10 Å². The molecule has 1 aromatic carbocycles. The van der Waals surface area contributed by atoms with Crippen molar-refractivity contribution < 1.29 is 14.3 Å². The summed E-state index contributed by atoms with van der Waals surface area (Å²) in [6.07, 6.45) is 9.04. The summed E-state index contributed by atoms with van der Waals surface area (Å²) in [6, 6.07) is 7.28. The summed E-state index contributed by atoms with van der Waals surface area (Å²) >= 11 is 1.79. The summed E-state index contributed by atoms with van der Waals surface area (Å²) in [6.45, 7) is 12.8. The Bertz CT molecular complexity index is 1670. The highest BCUT2D eigenvalue weighted by molar-refractivity contribution is 7.18. The lowest BCUT2D eigenvalue weighted by Crippen LogP contribution is -2.46. The minimum atomic E-state index is -1.19. The minimum absolute atomic E-state index is 0.178. The molecule has 3 aromatic heterocycles. The van der Waals surface area contributed by atoms with Crippen LogP contribution in [0.1, 0.15) is 55.1 Å². The van der Waals surface area contributed by atoms with Crippen molar-refractivity contribution in [2.75, 3.05) is 38.6 Å². The Morgan fingerprint density at radius 2 is 1.89 bits per heavy atom. The first-order chi connectivity index (χ1) is 21.6. The molecule has 2 saturated heterocycles. The number of likely N-dealkylation sites (tertiary alicyclic amines) is 2. The third-order valence-electron chi connectivity index (χ3n) is 9.18. The lowest BCUT2D eigenvalue weighted by molar-refractivity contribution is -0.146. The van der Waals surface area contributed by atoms with Gasteiger partial charge in [0.25, 0.3) is 0 Å². The maximum atomic E-state index is 13.8. The lowest BCUT2D eigenvalue weighted by Gasteiger charge is -2.38. The molecule has 240 valence electrons. The van der Waals surface area contributed by atoms with E-state index in [0.29, 0.717) is 37.4 Å². The molecule has 6 rings (SSSR count). The van der Waals surface area contributed by atoms with Gasteiger partial charge in [0, 0.05) is 32.5 Å². The van der Waals surface area contributed by atoms with Crippen LogP contribution < -0.4 is 5.32 Å². The monoisotopic (exact) mass is 647 g/mol. The van der Waals surface area contributed by atoms with Gasteiger partial charge in [-0.15, -0.1) is 11.3 Å². The molecule has 0 aliphatic carbocycles. The number of thiazole rings is 1. The van der Waals surface area contributed by atoms with E-state index in [1.165, 1.54) is 9.71 Å². The second kappa shape index (κ2) is 13.3. The summed E-state index contributed by atoms with van der Waals surface area (Å²) in [7, 11) is 0.987. The third kappa shape index (κ3) is 7.29. The average Bonchev–Trinajstić information content (AvgIpc) is 3.63. The number of carbonyl (C=O) groups is 2. The molecule has 2 aliphatic heterocycles. The van der Waals surface area contributed by atoms with E-state index in [1.807, 2.05) is 0 Å². The van der Waals surface area contributed by atoms with Crippen molar-refractivity contribution in [3.05, 3.63) is 47.4 Å². The van der Waals surface area contributed by atoms with Crippen LogP contribution in [0.15, 0.2) is 36.8 Å². The molecule has 5 heterocycles. The Morgan fingerprint density at radius 1 is 1.09 bits per heavy atom. The number of rotatable bonds is 8. The molecule has 45 heavy (non-hydrogen) atoms. The van der Waals surface area contributed by atoms with Crippen LogP contribution in [0.3, 0.4) is 0 Å². The summed E-state index contributed by atoms with van der Waals surface area (Å²) in [4.78, 5) is 40.7. The summed E-state index contributed by atoms with van der Waals surface area (Å²) in [5.74, 6) is -0.382. The molecule has 12 heteroatoms. The molecule has 0 saturated carbocycles. The van der Waals surface area contributed by atoms with Crippen molar-refractivity contribution in [2.45, 2.75) is 77.0 Å². The van der Waals surface area contributed by atoms with E-state index < -0.39 is 19.9 Å². The molecule has 2 aliphatic rings. The number of nitrogens with zero attached hydrogens (tertiary/aromatic N) is 6. The SMILES string of the molecule is C[C@H]1CCC(c2ccc3sc(C4CCN(C)CC4)nc3c2)N(C(=O)C(=O)Nc2cncc3c2cnn3COCC[Si](C)(C)C)C1. The summed E-state index contributed by atoms with van der Waals surface area (Å²) in [5.41, 5.74) is 3.23. The van der Waals surface area contributed by atoms with E-state index >= 15 is 0 Å². The van der Waals surface area contributed by atoms with Crippen molar-refractivity contribution in [1.82, 2.24) is 29.5 Å². The van der Waals surface area contributed by atoms with Crippen LogP contribution >= 0.6 is 11.3 Å². The number of hydrogen-bond acceptors (Lipinski definition) is 8. The van der Waals surface area contributed by atoms with Crippen LogP contribution in [0.25, 0.3) is 21.1 Å². The quantitative estimate of drug-likeness (QED) is 0.140. The molecular weight excluding hydrogens is 603 g/mol. The van der Waals surface area contributed by atoms with Crippen LogP contribution in [-0.2, 0) is 21.1 Å². The van der Waals surface area contributed by atoms with Gasteiger partial charge in [-0.05, 0) is 75.5 Å². The van der Waals surface area contributed by atoms with Crippen LogP contribution in [-0.4, -0.2) is 82.7 Å². The molecule has 2 fully saturated rings. The number of ether oxygens (including phenoxy) is 1. The average molecular weight is 648 g/mol. The number of anilines is 1. The molecule has 4 aromatic rings. The van der Waals surface area contributed by atoms with Crippen molar-refractivity contribution in [3.8, 4) is 0 Å². The Hall–Kier alpha value is -3.19. The number of aromatic nitrogens is 4. The third-order valence-corrected chi connectivity index (χ3v) is 12.1. The first-order valence-electron chi connectivity index (χ1n) is 16.1. The van der Waals surface area contributed by atoms with Crippen LogP contribution in [0.4, 0.5) is 5.69 Å². The first-order valence-corrected chi connectivity index (χ1v) is 20.7. The van der Waals surface area contributed by atoms with Gasteiger partial charge in [0.1, 0.15) is 6.73 Å². The smallest absolute Gasteiger partial charge is 0.313 e. The van der Waals surface area contributed by atoms with E-state index in [1.54, 1.807) is 39.5 Å². The van der Waals surface area contributed by atoms with Crippen molar-refractivity contribution in [3.63, 3.8) is 0 Å². The molecule has 1 unspecified atom stereocenters. The highest BCUT2D eigenvalue weighted by Gasteiger charge is 2.35. The molecular formula is C33H45N7O3SSi. The molecule has 2 amide bonds. The summed E-state index contributed by atoms with van der Waals surface area (Å²) < 4.78 is 8.79. The Kier molecular flexibility index (Phi) is 9.37. The standard InChI is InChI=1S/C33H45N7O3SSi/c1-22-6-8-28(24-7-9-30-26(16-24)37-32(44-30)23-10-12-38(2)13-11-23)39(20-22)33(42)31(41)36-27-18-34-19-29-25(27)17-35-40(29)21-43-14-15-45(3,4)5/h7,9,16-19,22-23,28H,6,8,10-15,20-21H2,1-5H3,(H,36,41)/t22-,28?/m0/s1. The predicted octanol–water partition coefficient (Wildman–Crippen LogP) is 6.10. The molecule has 10 nitrogen and oxygen atoms in total. The van der Waals surface area contributed by atoms with E-state index in [9.17, 15) is 9.59 Å². The highest BCUT2D eigenvalue weighted by atomic mass is 32.1. The number of hydrogen-bond donors (Lipinski definition) is 1. The van der Waals surface area contributed by atoms with Crippen molar-refractivity contribution in [1.29, 1.82) is 0 Å². The second-order valence-electron chi connectivity index (χ2n) is 14.1. The highest BCUT2D eigenvalue weighted by Crippen LogP contribution is 2.38. The largest absolute Gasteiger partial charge is 0.360 e. The maximum absolute atomic E-state index is 13.8. The fourth-order valence-electron chi connectivity index (χ4n) is 6.35. The molecule has 1 N–H and O–H groups in total. The first kappa shape index (κ1) is 31.8. The minimum Gasteiger partial charge on any atom is -0.360 e.